The van der Waals surface area contributed by atoms with Crippen molar-refractivity contribution in [1.29, 1.82) is 0 Å². The average Bonchev–Trinajstić information content (AvgIpc) is 3.47. The quantitative estimate of drug-likeness (QED) is 0.340. The van der Waals surface area contributed by atoms with Crippen LogP contribution in [0.25, 0.3) is 22.5 Å². The molecule has 0 saturated heterocycles. The molecule has 6 nitrogen and oxygen atoms in total. The fourth-order valence-corrected chi connectivity index (χ4v) is 3.44. The molecule has 4 aromatic rings. The molecule has 4 heterocycles. The van der Waals surface area contributed by atoms with Gasteiger partial charge in [-0.3, -0.25) is 9.97 Å². The minimum atomic E-state index is 0.965. The Kier molecular flexibility index (Phi) is 6.99. The molecule has 0 aliphatic carbocycles. The number of nitrogens with one attached hydrogen (secondary N) is 2. The number of hydrogen-bond acceptors (Lipinski definition) is 4. The normalized spacial score (nSPS) is 11.1. The zero-order chi connectivity index (χ0) is 20.4. The van der Waals surface area contributed by atoms with Gasteiger partial charge in [-0.15, -0.1) is 0 Å². The Morgan fingerprint density at radius 1 is 0.700 bits per heavy atom. The molecule has 4 rings (SSSR count). The first-order valence-corrected chi connectivity index (χ1v) is 10.6. The van der Waals surface area contributed by atoms with Gasteiger partial charge in [-0.1, -0.05) is 12.8 Å². The van der Waals surface area contributed by atoms with Crippen LogP contribution < -0.4 is 0 Å². The van der Waals surface area contributed by atoms with Crippen LogP contribution in [-0.2, 0) is 12.8 Å². The lowest BCUT2D eigenvalue weighted by atomic mass is 10.1. The van der Waals surface area contributed by atoms with Gasteiger partial charge in [0.05, 0.1) is 11.4 Å². The van der Waals surface area contributed by atoms with E-state index in [1.807, 2.05) is 49.1 Å². The van der Waals surface area contributed by atoms with Crippen molar-refractivity contribution in [3.05, 3.63) is 79.5 Å². The molecule has 0 aliphatic heterocycles. The maximum atomic E-state index is 4.67. The fourth-order valence-electron chi connectivity index (χ4n) is 3.44. The van der Waals surface area contributed by atoms with Crippen molar-refractivity contribution in [2.75, 3.05) is 0 Å². The molecule has 0 amide bonds. The first-order chi connectivity index (χ1) is 14.9. The number of H-pyrrole nitrogens is 2. The fraction of sp³-hybridized carbons (Fsp3) is 0.292. The molecule has 0 aliphatic rings. The number of aromatic nitrogens is 6. The van der Waals surface area contributed by atoms with Crippen molar-refractivity contribution < 1.29 is 0 Å². The summed E-state index contributed by atoms with van der Waals surface area (Å²) in [5, 5.41) is 0. The molecule has 0 fully saturated rings. The number of nitrogens with zero attached hydrogens (tertiary/aromatic N) is 4. The van der Waals surface area contributed by atoms with E-state index in [1.165, 1.54) is 6.42 Å². The standard InChI is InChI=1S/C24H27N6/c1(3-5-11-23-27-17-21(29-23)19-9-7-13-25-15-19)2-4-6-12-24-28-18-22(30-24)20-10-8-14-26-16-20/h1,7-10,13-18H,2-6,11-12H2,(H,27,29)(H,28,30). The number of hydrogen-bond donors (Lipinski definition) is 2. The molecule has 4 aromatic heterocycles. The predicted octanol–water partition coefficient (Wildman–Crippen LogP) is 5.20. The van der Waals surface area contributed by atoms with Gasteiger partial charge in [0.1, 0.15) is 11.6 Å². The summed E-state index contributed by atoms with van der Waals surface area (Å²) in [6.45, 7) is 0. The van der Waals surface area contributed by atoms with Gasteiger partial charge in [-0.2, -0.15) is 0 Å². The number of rotatable bonds is 11. The molecule has 0 atom stereocenters. The molecule has 6 heteroatoms. The van der Waals surface area contributed by atoms with Crippen molar-refractivity contribution in [1.82, 2.24) is 29.9 Å². The first-order valence-electron chi connectivity index (χ1n) is 10.6. The lowest BCUT2D eigenvalue weighted by Crippen LogP contribution is -1.91. The third-order valence-electron chi connectivity index (χ3n) is 5.07. The van der Waals surface area contributed by atoms with Crippen molar-refractivity contribution >= 4 is 0 Å². The van der Waals surface area contributed by atoms with E-state index in [0.29, 0.717) is 0 Å². The van der Waals surface area contributed by atoms with Crippen LogP contribution in [0.2, 0.25) is 0 Å². The van der Waals surface area contributed by atoms with Crippen LogP contribution in [0.3, 0.4) is 0 Å². The van der Waals surface area contributed by atoms with Crippen LogP contribution in [0.4, 0.5) is 0 Å². The molecule has 0 saturated carbocycles. The maximum Gasteiger partial charge on any atom is 0.106 e. The number of aryl methyl sites for hydroxylation is 2. The highest BCUT2D eigenvalue weighted by molar-refractivity contribution is 5.57. The van der Waals surface area contributed by atoms with Gasteiger partial charge in [-0.05, 0) is 49.9 Å². The average molecular weight is 400 g/mol. The largest absolute Gasteiger partial charge is 0.348 e. The molecule has 0 unspecified atom stereocenters. The minimum Gasteiger partial charge on any atom is -0.348 e. The third-order valence-corrected chi connectivity index (χ3v) is 5.07. The monoisotopic (exact) mass is 399 g/mol. The van der Waals surface area contributed by atoms with Gasteiger partial charge in [0, 0.05) is 61.1 Å². The molecular weight excluding hydrogens is 372 g/mol. The van der Waals surface area contributed by atoms with Crippen molar-refractivity contribution in [3.8, 4) is 22.5 Å². The summed E-state index contributed by atoms with van der Waals surface area (Å²) >= 11 is 0. The number of aromatic amines is 2. The zero-order valence-electron chi connectivity index (χ0n) is 17.1. The SMILES string of the molecule is [CH](CCCCc1nc(-c2cccnc2)c[nH]1)CCCc1nc(-c2cccnc2)c[nH]1. The summed E-state index contributed by atoms with van der Waals surface area (Å²) in [5.41, 5.74) is 4.04. The van der Waals surface area contributed by atoms with Crippen LogP contribution >= 0.6 is 0 Å². The van der Waals surface area contributed by atoms with Gasteiger partial charge < -0.3 is 9.97 Å². The van der Waals surface area contributed by atoms with Gasteiger partial charge in [-0.25, -0.2) is 9.97 Å². The first kappa shape index (κ1) is 20.0. The summed E-state index contributed by atoms with van der Waals surface area (Å²) in [4.78, 5) is 24.2. The van der Waals surface area contributed by atoms with Gasteiger partial charge in [0.15, 0.2) is 0 Å². The molecule has 30 heavy (non-hydrogen) atoms. The number of pyridine rings is 2. The van der Waals surface area contributed by atoms with Gasteiger partial charge in [0.2, 0.25) is 0 Å². The summed E-state index contributed by atoms with van der Waals surface area (Å²) in [6, 6.07) is 7.93. The molecule has 0 bridgehead atoms. The zero-order valence-corrected chi connectivity index (χ0v) is 17.1. The Bertz CT molecular complexity index is 923. The van der Waals surface area contributed by atoms with Crippen LogP contribution in [0.15, 0.2) is 61.4 Å². The van der Waals surface area contributed by atoms with Crippen LogP contribution in [0.1, 0.15) is 43.8 Å². The lowest BCUT2D eigenvalue weighted by Gasteiger charge is -2.01. The van der Waals surface area contributed by atoms with Gasteiger partial charge >= 0.3 is 0 Å². The highest BCUT2D eigenvalue weighted by atomic mass is 14.9. The van der Waals surface area contributed by atoms with E-state index in [-0.39, 0.29) is 0 Å². The summed E-state index contributed by atoms with van der Waals surface area (Å²) < 4.78 is 0. The second kappa shape index (κ2) is 10.5. The third kappa shape index (κ3) is 5.63. The van der Waals surface area contributed by atoms with Crippen LogP contribution in [-0.4, -0.2) is 29.9 Å². The predicted molar refractivity (Wildman–Crippen MR) is 118 cm³/mol. The van der Waals surface area contributed by atoms with Gasteiger partial charge in [0.25, 0.3) is 0 Å². The second-order valence-electron chi connectivity index (χ2n) is 7.37. The highest BCUT2D eigenvalue weighted by Gasteiger charge is 2.05. The molecular formula is C24H27N6. The van der Waals surface area contributed by atoms with Crippen molar-refractivity contribution in [2.45, 2.75) is 44.9 Å². The van der Waals surface area contributed by atoms with Crippen molar-refractivity contribution in [2.24, 2.45) is 0 Å². The maximum absolute atomic E-state index is 4.67. The molecule has 153 valence electrons. The Labute approximate surface area is 177 Å². The molecule has 0 aromatic carbocycles. The Balaban J connectivity index is 1.08. The van der Waals surface area contributed by atoms with Crippen LogP contribution in [0.5, 0.6) is 0 Å². The van der Waals surface area contributed by atoms with E-state index in [2.05, 4.69) is 36.3 Å². The van der Waals surface area contributed by atoms with E-state index in [0.717, 1.165) is 72.7 Å². The smallest absolute Gasteiger partial charge is 0.106 e. The summed E-state index contributed by atoms with van der Waals surface area (Å²) in [7, 11) is 0. The molecule has 0 spiro atoms. The summed E-state index contributed by atoms with van der Waals surface area (Å²) in [5.74, 6) is 2.10. The van der Waals surface area contributed by atoms with Crippen LogP contribution in [0, 0.1) is 6.42 Å². The molecule has 2 N–H and O–H groups in total. The lowest BCUT2D eigenvalue weighted by molar-refractivity contribution is 0.671. The van der Waals surface area contributed by atoms with E-state index >= 15 is 0 Å². The van der Waals surface area contributed by atoms with E-state index in [1.54, 1.807) is 12.4 Å². The number of unbranched alkanes of at least 4 members (excludes halogenated alkanes) is 5. The second-order valence-corrected chi connectivity index (χ2v) is 7.37. The van der Waals surface area contributed by atoms with Crippen molar-refractivity contribution in [3.63, 3.8) is 0 Å². The Hall–Kier alpha value is -3.28. The summed E-state index contributed by atoms with van der Waals surface area (Å²) in [6.07, 6.45) is 21.2. The van der Waals surface area contributed by atoms with E-state index in [4.69, 9.17) is 0 Å². The Morgan fingerprint density at radius 2 is 1.27 bits per heavy atom. The minimum absolute atomic E-state index is 0.965. The highest BCUT2D eigenvalue weighted by Crippen LogP contribution is 2.17. The van der Waals surface area contributed by atoms with E-state index < -0.39 is 0 Å². The van der Waals surface area contributed by atoms with E-state index in [9.17, 15) is 0 Å². The number of imidazole rings is 2. The Morgan fingerprint density at radius 3 is 1.83 bits per heavy atom. The topological polar surface area (TPSA) is 83.1 Å². The molecule has 1 radical (unpaired) electrons.